The first-order valence-corrected chi connectivity index (χ1v) is 7.01. The number of nitrogens with two attached hydrogens (primary N) is 1. The van der Waals surface area contributed by atoms with E-state index in [1.165, 1.54) is 11.5 Å². The van der Waals surface area contributed by atoms with Crippen molar-refractivity contribution in [3.05, 3.63) is 12.7 Å². The molecule has 0 aliphatic heterocycles. The summed E-state index contributed by atoms with van der Waals surface area (Å²) in [4.78, 5) is 1.02. The Kier molecular flexibility index (Phi) is 6.29. The lowest BCUT2D eigenvalue weighted by atomic mass is 10.4. The van der Waals surface area contributed by atoms with Gasteiger partial charge in [-0.15, -0.1) is 18.3 Å². The van der Waals surface area contributed by atoms with Crippen LogP contribution in [0.25, 0.3) is 0 Å². The summed E-state index contributed by atoms with van der Waals surface area (Å²) in [5, 5.41) is 4.29. The molecule has 3 N–H and O–H groups in total. The van der Waals surface area contributed by atoms with E-state index in [-0.39, 0.29) is 0 Å². The average Bonchev–Trinajstić information content (AvgIpc) is 2.64. The Bertz CT molecular complexity index is 328. The fourth-order valence-electron chi connectivity index (χ4n) is 1.11. The summed E-state index contributed by atoms with van der Waals surface area (Å²) in [5.41, 5.74) is 5.72. The van der Waals surface area contributed by atoms with Crippen LogP contribution in [0.3, 0.4) is 0 Å². The summed E-state index contributed by atoms with van der Waals surface area (Å²) in [6, 6.07) is 0. The highest BCUT2D eigenvalue weighted by Crippen LogP contribution is 2.34. The van der Waals surface area contributed by atoms with E-state index in [1.807, 2.05) is 12.3 Å². The molecule has 0 unspecified atom stereocenters. The first-order valence-electron chi connectivity index (χ1n) is 5.01. The number of nitrogens with one attached hydrogen (secondary N) is 1. The fraction of sp³-hybridized carbons (Fsp3) is 0.500. The minimum absolute atomic E-state index is 0.604. The second kappa shape index (κ2) is 7.54. The molecule has 0 spiro atoms. The van der Waals surface area contributed by atoms with Gasteiger partial charge >= 0.3 is 0 Å². The fourth-order valence-corrected chi connectivity index (χ4v) is 2.68. The van der Waals surface area contributed by atoms with Crippen molar-refractivity contribution in [1.82, 2.24) is 4.37 Å². The van der Waals surface area contributed by atoms with Gasteiger partial charge in [0.1, 0.15) is 5.00 Å². The van der Waals surface area contributed by atoms with E-state index in [0.29, 0.717) is 12.4 Å². The summed E-state index contributed by atoms with van der Waals surface area (Å²) in [7, 11) is 0. The molecule has 0 saturated heterocycles. The van der Waals surface area contributed by atoms with Gasteiger partial charge in [0.15, 0.2) is 5.82 Å². The SMILES string of the molecule is C=CCCOCCNc1snc(N)c1SC. The highest BCUT2D eigenvalue weighted by atomic mass is 32.2. The van der Waals surface area contributed by atoms with Crippen molar-refractivity contribution in [2.75, 3.05) is 37.1 Å². The predicted octanol–water partition coefficient (Wildman–Crippen LogP) is 2.45. The molecule has 0 fully saturated rings. The average molecular weight is 259 g/mol. The Morgan fingerprint density at radius 1 is 1.62 bits per heavy atom. The lowest BCUT2D eigenvalue weighted by Gasteiger charge is -2.05. The summed E-state index contributed by atoms with van der Waals surface area (Å²) in [5.74, 6) is 0.604. The summed E-state index contributed by atoms with van der Waals surface area (Å²) < 4.78 is 9.49. The third-order valence-electron chi connectivity index (χ3n) is 1.88. The van der Waals surface area contributed by atoms with Crippen LogP contribution >= 0.6 is 23.3 Å². The van der Waals surface area contributed by atoms with Gasteiger partial charge in [0.2, 0.25) is 0 Å². The van der Waals surface area contributed by atoms with Gasteiger partial charge < -0.3 is 15.8 Å². The van der Waals surface area contributed by atoms with Crippen LogP contribution in [-0.2, 0) is 4.74 Å². The van der Waals surface area contributed by atoms with Crippen LogP contribution in [0.15, 0.2) is 17.6 Å². The Morgan fingerprint density at radius 3 is 3.12 bits per heavy atom. The van der Waals surface area contributed by atoms with Crippen molar-refractivity contribution in [3.8, 4) is 0 Å². The van der Waals surface area contributed by atoms with Crippen molar-refractivity contribution in [2.45, 2.75) is 11.3 Å². The van der Waals surface area contributed by atoms with Crippen molar-refractivity contribution < 1.29 is 4.74 Å². The third kappa shape index (κ3) is 4.03. The number of nitrogen functional groups attached to an aromatic ring is 1. The minimum atomic E-state index is 0.604. The number of hydrogen-bond acceptors (Lipinski definition) is 6. The monoisotopic (exact) mass is 259 g/mol. The molecule has 0 aliphatic rings. The Labute approximate surface area is 104 Å². The first kappa shape index (κ1) is 13.3. The Balaban J connectivity index is 2.23. The molecule has 16 heavy (non-hydrogen) atoms. The van der Waals surface area contributed by atoms with Gasteiger partial charge in [0.05, 0.1) is 18.1 Å². The maximum Gasteiger partial charge on any atom is 0.153 e. The van der Waals surface area contributed by atoms with Crippen LogP contribution in [0.1, 0.15) is 6.42 Å². The van der Waals surface area contributed by atoms with E-state index < -0.39 is 0 Å². The van der Waals surface area contributed by atoms with Gasteiger partial charge in [0.25, 0.3) is 0 Å². The van der Waals surface area contributed by atoms with E-state index >= 15 is 0 Å². The number of nitrogens with zero attached hydrogens (tertiary/aromatic N) is 1. The van der Waals surface area contributed by atoms with Gasteiger partial charge in [-0.3, -0.25) is 0 Å². The zero-order chi connectivity index (χ0) is 11.8. The highest BCUT2D eigenvalue weighted by molar-refractivity contribution is 7.99. The van der Waals surface area contributed by atoms with E-state index in [2.05, 4.69) is 16.3 Å². The molecular formula is C10H17N3OS2. The third-order valence-corrected chi connectivity index (χ3v) is 3.65. The molecule has 0 radical (unpaired) electrons. The molecule has 90 valence electrons. The van der Waals surface area contributed by atoms with Gasteiger partial charge in [-0.25, -0.2) is 0 Å². The van der Waals surface area contributed by atoms with E-state index in [1.54, 1.807) is 11.8 Å². The summed E-state index contributed by atoms with van der Waals surface area (Å²) in [6.07, 6.45) is 4.73. The zero-order valence-electron chi connectivity index (χ0n) is 9.36. The maximum absolute atomic E-state index is 5.72. The van der Waals surface area contributed by atoms with Crippen LogP contribution < -0.4 is 11.1 Å². The number of anilines is 2. The van der Waals surface area contributed by atoms with Crippen LogP contribution in [0.5, 0.6) is 0 Å². The predicted molar refractivity (Wildman–Crippen MR) is 72.4 cm³/mol. The summed E-state index contributed by atoms with van der Waals surface area (Å²) in [6.45, 7) is 5.81. The van der Waals surface area contributed by atoms with Crippen LogP contribution in [0.4, 0.5) is 10.8 Å². The van der Waals surface area contributed by atoms with E-state index in [0.717, 1.165) is 29.5 Å². The van der Waals surface area contributed by atoms with Crippen molar-refractivity contribution in [2.24, 2.45) is 0 Å². The number of rotatable bonds is 8. The van der Waals surface area contributed by atoms with E-state index in [4.69, 9.17) is 10.5 Å². The van der Waals surface area contributed by atoms with Gasteiger partial charge in [-0.1, -0.05) is 6.08 Å². The second-order valence-electron chi connectivity index (χ2n) is 3.05. The number of hydrogen-bond donors (Lipinski definition) is 2. The number of aromatic nitrogens is 1. The van der Waals surface area contributed by atoms with Crippen LogP contribution in [0.2, 0.25) is 0 Å². The summed E-state index contributed by atoms with van der Waals surface area (Å²) >= 11 is 3.00. The highest BCUT2D eigenvalue weighted by Gasteiger charge is 2.09. The molecule has 0 amide bonds. The molecule has 0 aromatic carbocycles. The largest absolute Gasteiger partial charge is 0.382 e. The molecule has 0 atom stereocenters. The lowest BCUT2D eigenvalue weighted by Crippen LogP contribution is -2.09. The minimum Gasteiger partial charge on any atom is -0.382 e. The van der Waals surface area contributed by atoms with E-state index in [9.17, 15) is 0 Å². The van der Waals surface area contributed by atoms with Crippen molar-refractivity contribution in [1.29, 1.82) is 0 Å². The standard InChI is InChI=1S/C10H17N3OS2/c1-3-4-6-14-7-5-12-10-8(15-2)9(11)13-16-10/h3,12H,1,4-7H2,2H3,(H2,11,13). The normalized spacial score (nSPS) is 10.3. The van der Waals surface area contributed by atoms with Crippen LogP contribution in [0, 0.1) is 0 Å². The molecule has 0 bridgehead atoms. The first-order chi connectivity index (χ1) is 7.79. The van der Waals surface area contributed by atoms with Gasteiger partial charge in [-0.05, 0) is 24.2 Å². The van der Waals surface area contributed by atoms with Gasteiger partial charge in [-0.2, -0.15) is 4.37 Å². The lowest BCUT2D eigenvalue weighted by molar-refractivity contribution is 0.149. The van der Waals surface area contributed by atoms with Crippen molar-refractivity contribution in [3.63, 3.8) is 0 Å². The molecular weight excluding hydrogens is 242 g/mol. The molecule has 4 nitrogen and oxygen atoms in total. The van der Waals surface area contributed by atoms with Crippen LogP contribution in [-0.4, -0.2) is 30.4 Å². The van der Waals surface area contributed by atoms with Crippen molar-refractivity contribution >= 4 is 34.1 Å². The molecule has 1 rings (SSSR count). The molecule has 1 aromatic rings. The second-order valence-corrected chi connectivity index (χ2v) is 4.64. The Hall–Kier alpha value is -0.720. The zero-order valence-corrected chi connectivity index (χ0v) is 11.0. The number of ether oxygens (including phenoxy) is 1. The topological polar surface area (TPSA) is 60.2 Å². The molecule has 1 heterocycles. The van der Waals surface area contributed by atoms with Gasteiger partial charge in [0, 0.05) is 6.54 Å². The molecule has 6 heteroatoms. The smallest absolute Gasteiger partial charge is 0.153 e. The maximum atomic E-state index is 5.72. The molecule has 1 aromatic heterocycles. The number of thioether (sulfide) groups is 1. The molecule has 0 aliphatic carbocycles. The quantitative estimate of drug-likeness (QED) is 0.426. The molecule has 0 saturated carbocycles. The Morgan fingerprint density at radius 2 is 2.44 bits per heavy atom.